The highest BCUT2D eigenvalue weighted by Crippen LogP contribution is 2.31. The molecule has 2 saturated heterocycles. The van der Waals surface area contributed by atoms with E-state index in [-0.39, 0.29) is 18.9 Å². The lowest BCUT2D eigenvalue weighted by atomic mass is 9.94. The summed E-state index contributed by atoms with van der Waals surface area (Å²) in [5.41, 5.74) is 0. The first-order chi connectivity index (χ1) is 11.3. The molecule has 10 nitrogen and oxygen atoms in total. The van der Waals surface area contributed by atoms with Crippen molar-refractivity contribution in [1.82, 2.24) is 0 Å². The van der Waals surface area contributed by atoms with Crippen molar-refractivity contribution in [2.75, 3.05) is 13.7 Å². The van der Waals surface area contributed by atoms with Crippen molar-refractivity contribution in [1.29, 1.82) is 0 Å². The molecule has 0 aliphatic carbocycles. The Bertz CT molecular complexity index is 432. The van der Waals surface area contributed by atoms with Gasteiger partial charge in [0.15, 0.2) is 18.7 Å². The predicted octanol–water partition coefficient (Wildman–Crippen LogP) is -2.35. The van der Waals surface area contributed by atoms with E-state index in [9.17, 15) is 25.2 Å². The van der Waals surface area contributed by atoms with E-state index in [1.807, 2.05) is 0 Å². The summed E-state index contributed by atoms with van der Waals surface area (Å²) >= 11 is 0. The molecule has 0 saturated carbocycles. The van der Waals surface area contributed by atoms with Crippen molar-refractivity contribution in [2.45, 2.75) is 62.5 Å². The molecule has 4 unspecified atom stereocenters. The van der Waals surface area contributed by atoms with Gasteiger partial charge in [0, 0.05) is 19.4 Å². The molecule has 2 rings (SSSR count). The van der Waals surface area contributed by atoms with Gasteiger partial charge >= 0.3 is 5.97 Å². The Kier molecular flexibility index (Phi) is 6.51. The number of hydrogen-bond donors (Lipinski definition) is 5. The molecule has 0 spiro atoms. The maximum atomic E-state index is 11.1. The van der Waals surface area contributed by atoms with Crippen LogP contribution in [0.3, 0.4) is 0 Å². The van der Waals surface area contributed by atoms with Crippen molar-refractivity contribution < 1.29 is 49.3 Å². The number of rotatable bonds is 5. The Morgan fingerprint density at radius 1 is 1.12 bits per heavy atom. The monoisotopic (exact) mass is 352 g/mol. The van der Waals surface area contributed by atoms with Crippen molar-refractivity contribution in [3.05, 3.63) is 0 Å². The Morgan fingerprint density at radius 3 is 2.33 bits per heavy atom. The number of carboxylic acid groups (broad SMARTS) is 1. The molecule has 2 aliphatic heterocycles. The van der Waals surface area contributed by atoms with Crippen LogP contribution in [0.4, 0.5) is 0 Å². The lowest BCUT2D eigenvalue weighted by Gasteiger charge is -2.44. The fourth-order valence-corrected chi connectivity index (χ4v) is 2.92. The smallest absolute Gasteiger partial charge is 0.335 e. The van der Waals surface area contributed by atoms with E-state index in [4.69, 9.17) is 24.1 Å². The molecule has 0 aromatic heterocycles. The van der Waals surface area contributed by atoms with E-state index in [0.717, 1.165) is 0 Å². The van der Waals surface area contributed by atoms with E-state index in [0.29, 0.717) is 0 Å². The molecule has 10 heteroatoms. The third-order valence-electron chi connectivity index (χ3n) is 4.40. The first kappa shape index (κ1) is 19.5. The highest BCUT2D eigenvalue weighted by molar-refractivity contribution is 5.73. The molecule has 0 amide bonds. The lowest BCUT2D eigenvalue weighted by molar-refractivity contribution is -0.328. The van der Waals surface area contributed by atoms with Crippen LogP contribution in [0.5, 0.6) is 0 Å². The Labute approximate surface area is 138 Å². The normalized spacial score (nSPS) is 46.7. The fourth-order valence-electron chi connectivity index (χ4n) is 2.92. The van der Waals surface area contributed by atoms with Gasteiger partial charge < -0.3 is 44.5 Å². The molecule has 2 fully saturated rings. The molecule has 9 atom stereocenters. The number of carboxylic acids is 1. The number of ether oxygens (including phenoxy) is 4. The van der Waals surface area contributed by atoms with Crippen molar-refractivity contribution in [3.63, 3.8) is 0 Å². The van der Waals surface area contributed by atoms with Gasteiger partial charge in [0.2, 0.25) is 0 Å². The zero-order valence-electron chi connectivity index (χ0n) is 13.4. The Hall–Kier alpha value is -0.850. The van der Waals surface area contributed by atoms with Crippen LogP contribution in [0.25, 0.3) is 0 Å². The molecule has 140 valence electrons. The summed E-state index contributed by atoms with van der Waals surface area (Å²) in [5.74, 6) is -1.79. The number of aliphatic hydroxyl groups is 4. The van der Waals surface area contributed by atoms with Crippen LogP contribution in [0.1, 0.15) is 13.3 Å². The van der Waals surface area contributed by atoms with Gasteiger partial charge in [0.05, 0.1) is 18.8 Å². The average Bonchev–Trinajstić information content (AvgIpc) is 2.56. The zero-order valence-corrected chi connectivity index (χ0v) is 13.4. The van der Waals surface area contributed by atoms with Gasteiger partial charge in [0.1, 0.15) is 18.3 Å². The lowest BCUT2D eigenvalue weighted by Crippen LogP contribution is -2.61. The quantitative estimate of drug-likeness (QED) is 0.363. The maximum absolute atomic E-state index is 11.1. The van der Waals surface area contributed by atoms with Crippen LogP contribution in [0, 0.1) is 5.92 Å². The number of hydrogen-bond acceptors (Lipinski definition) is 9. The Morgan fingerprint density at radius 2 is 1.79 bits per heavy atom. The van der Waals surface area contributed by atoms with Crippen LogP contribution in [-0.4, -0.2) is 94.4 Å². The largest absolute Gasteiger partial charge is 0.479 e. The highest BCUT2D eigenvalue weighted by atomic mass is 16.7. The highest BCUT2D eigenvalue weighted by Gasteiger charge is 2.49. The number of aliphatic carboxylic acids is 1. The minimum absolute atomic E-state index is 0.264. The van der Waals surface area contributed by atoms with Gasteiger partial charge in [0.25, 0.3) is 0 Å². The van der Waals surface area contributed by atoms with Crippen LogP contribution < -0.4 is 0 Å². The molecule has 0 aromatic carbocycles. The number of methoxy groups -OCH3 is 1. The van der Waals surface area contributed by atoms with Crippen molar-refractivity contribution in [2.24, 2.45) is 5.92 Å². The van der Waals surface area contributed by atoms with Gasteiger partial charge in [-0.05, 0) is 0 Å². The summed E-state index contributed by atoms with van der Waals surface area (Å²) in [6, 6.07) is 0. The zero-order chi connectivity index (χ0) is 18.0. The van der Waals surface area contributed by atoms with E-state index >= 15 is 0 Å². The van der Waals surface area contributed by atoms with Gasteiger partial charge in [-0.1, -0.05) is 6.92 Å². The van der Waals surface area contributed by atoms with E-state index in [2.05, 4.69) is 0 Å². The van der Waals surface area contributed by atoms with Gasteiger partial charge in [-0.25, -0.2) is 4.79 Å². The standard InChI is InChI=1S/C14H24O10/c1-5-7(3-6(4-15)22-13(5)21-2)23-14-10(18)8(16)9(17)11(24-14)12(19)20/h5-11,13-18H,3-4H2,1-2H3,(H,19,20)/t5?,6?,7-,8-,9-,10?,11?,13-,14+/m0/s1. The minimum Gasteiger partial charge on any atom is -0.479 e. The van der Waals surface area contributed by atoms with E-state index in [1.54, 1.807) is 6.92 Å². The van der Waals surface area contributed by atoms with Crippen LogP contribution in [0.15, 0.2) is 0 Å². The summed E-state index contributed by atoms with van der Waals surface area (Å²) in [6.45, 7) is 1.50. The second-order valence-electron chi connectivity index (χ2n) is 6.05. The van der Waals surface area contributed by atoms with Gasteiger partial charge in [-0.2, -0.15) is 0 Å². The van der Waals surface area contributed by atoms with Gasteiger partial charge in [-0.3, -0.25) is 0 Å². The van der Waals surface area contributed by atoms with Crippen molar-refractivity contribution >= 4 is 5.97 Å². The summed E-state index contributed by atoms with van der Waals surface area (Å²) in [4.78, 5) is 11.1. The maximum Gasteiger partial charge on any atom is 0.335 e. The molecular formula is C14H24O10. The summed E-state index contributed by atoms with van der Waals surface area (Å²) in [7, 11) is 1.44. The SMILES string of the molecule is CO[C@H]1OC(CO)C[C@H](O[C@@H]2OC(C(=O)O)[C@@H](O)[C@H](O)C2O)C1C. The second-order valence-corrected chi connectivity index (χ2v) is 6.05. The first-order valence-corrected chi connectivity index (χ1v) is 7.67. The van der Waals surface area contributed by atoms with Crippen molar-refractivity contribution in [3.8, 4) is 0 Å². The molecular weight excluding hydrogens is 328 g/mol. The summed E-state index contributed by atoms with van der Waals surface area (Å²) < 4.78 is 21.4. The average molecular weight is 352 g/mol. The third-order valence-corrected chi connectivity index (χ3v) is 4.40. The molecule has 2 heterocycles. The number of aliphatic hydroxyl groups excluding tert-OH is 4. The minimum atomic E-state index is -1.78. The van der Waals surface area contributed by atoms with Gasteiger partial charge in [-0.15, -0.1) is 0 Å². The second kappa shape index (κ2) is 8.02. The van der Waals surface area contributed by atoms with Crippen LogP contribution in [0.2, 0.25) is 0 Å². The Balaban J connectivity index is 2.10. The predicted molar refractivity (Wildman–Crippen MR) is 75.7 cm³/mol. The molecule has 24 heavy (non-hydrogen) atoms. The molecule has 5 N–H and O–H groups in total. The number of carbonyl (C=O) groups is 1. The third kappa shape index (κ3) is 3.86. The summed E-state index contributed by atoms with van der Waals surface area (Å²) in [5, 5.41) is 47.8. The molecule has 0 radical (unpaired) electrons. The molecule has 0 aromatic rings. The molecule has 0 bridgehead atoms. The fraction of sp³-hybridized carbons (Fsp3) is 0.929. The molecule has 2 aliphatic rings. The van der Waals surface area contributed by atoms with Crippen LogP contribution in [-0.2, 0) is 23.7 Å². The van der Waals surface area contributed by atoms with E-state index in [1.165, 1.54) is 7.11 Å². The topological polar surface area (TPSA) is 155 Å². The first-order valence-electron chi connectivity index (χ1n) is 7.67. The summed E-state index contributed by atoms with van der Waals surface area (Å²) in [6.07, 6.45) is -9.84. The van der Waals surface area contributed by atoms with Crippen LogP contribution >= 0.6 is 0 Å². The van der Waals surface area contributed by atoms with E-state index < -0.39 is 55.2 Å².